The lowest BCUT2D eigenvalue weighted by molar-refractivity contribution is -0.138. The molecule has 234 valence electrons. The molecule has 3 aromatic rings. The first kappa shape index (κ1) is 31.7. The topological polar surface area (TPSA) is 78.0 Å². The zero-order valence-corrected chi connectivity index (χ0v) is 25.4. The molecule has 5 rings (SSSR count). The molecule has 3 heterocycles. The molecule has 1 N–H and O–H groups in total. The minimum Gasteiger partial charge on any atom is -0.490 e. The molecule has 2 aliphatic rings. The number of aryl methyl sites for hydroxylation is 1. The van der Waals surface area contributed by atoms with Crippen LogP contribution in [0.2, 0.25) is 5.02 Å². The Hall–Kier alpha value is -3.67. The van der Waals surface area contributed by atoms with E-state index in [-0.39, 0.29) is 29.7 Å². The number of aromatic nitrogens is 1. The van der Waals surface area contributed by atoms with Gasteiger partial charge in [-0.05, 0) is 49.4 Å². The van der Waals surface area contributed by atoms with Crippen LogP contribution >= 0.6 is 11.6 Å². The molecule has 2 fully saturated rings. The molecule has 8 nitrogen and oxygen atoms in total. The van der Waals surface area contributed by atoms with E-state index in [1.807, 2.05) is 18.9 Å². The molecule has 2 saturated heterocycles. The number of pyridine rings is 1. The number of likely N-dealkylation sites (tertiary alicyclic amines) is 1. The highest BCUT2D eigenvalue weighted by Crippen LogP contribution is 2.34. The van der Waals surface area contributed by atoms with Crippen molar-refractivity contribution < 1.29 is 27.5 Å². The van der Waals surface area contributed by atoms with E-state index in [4.69, 9.17) is 16.3 Å². The number of anilines is 1. The molecule has 12 heteroatoms. The van der Waals surface area contributed by atoms with Gasteiger partial charge in [-0.3, -0.25) is 19.5 Å². The van der Waals surface area contributed by atoms with E-state index < -0.39 is 17.6 Å². The number of hydrogen-bond acceptors (Lipinski definition) is 6. The summed E-state index contributed by atoms with van der Waals surface area (Å²) in [4.78, 5) is 35.7. The largest absolute Gasteiger partial charge is 0.490 e. The lowest BCUT2D eigenvalue weighted by atomic mass is 10.0. The number of hydrogen-bond donors (Lipinski definition) is 1. The Morgan fingerprint density at radius 1 is 0.977 bits per heavy atom. The van der Waals surface area contributed by atoms with Gasteiger partial charge in [0.15, 0.2) is 0 Å². The molecule has 2 amide bonds. The van der Waals surface area contributed by atoms with E-state index in [9.17, 15) is 22.8 Å². The van der Waals surface area contributed by atoms with Crippen molar-refractivity contribution >= 4 is 29.1 Å². The minimum atomic E-state index is -4.59. The van der Waals surface area contributed by atoms with Crippen molar-refractivity contribution in [2.24, 2.45) is 0 Å². The second-order valence-electron chi connectivity index (χ2n) is 11.4. The number of piperidine rings is 1. The molecule has 0 aliphatic carbocycles. The highest BCUT2D eigenvalue weighted by molar-refractivity contribution is 6.30. The summed E-state index contributed by atoms with van der Waals surface area (Å²) >= 11 is 5.98. The van der Waals surface area contributed by atoms with Crippen LogP contribution in [-0.4, -0.2) is 83.9 Å². The molecule has 0 bridgehead atoms. The molecular formula is C32H35ClF3N5O3. The van der Waals surface area contributed by atoms with Gasteiger partial charge in [0.1, 0.15) is 11.9 Å². The monoisotopic (exact) mass is 629 g/mol. The van der Waals surface area contributed by atoms with Crippen molar-refractivity contribution in [1.82, 2.24) is 19.7 Å². The van der Waals surface area contributed by atoms with E-state index >= 15 is 0 Å². The van der Waals surface area contributed by atoms with Crippen molar-refractivity contribution in [3.63, 3.8) is 0 Å². The highest BCUT2D eigenvalue weighted by atomic mass is 35.5. The maximum atomic E-state index is 14.0. The van der Waals surface area contributed by atoms with Gasteiger partial charge in [-0.1, -0.05) is 23.7 Å². The molecule has 0 atom stereocenters. The summed E-state index contributed by atoms with van der Waals surface area (Å²) in [6.07, 6.45) is -0.555. The van der Waals surface area contributed by atoms with Crippen LogP contribution in [-0.2, 0) is 12.7 Å². The first-order chi connectivity index (χ1) is 21.0. The summed E-state index contributed by atoms with van der Waals surface area (Å²) in [6, 6.07) is 10.5. The Bertz CT molecular complexity index is 1500. The van der Waals surface area contributed by atoms with E-state index in [2.05, 4.69) is 15.2 Å². The summed E-state index contributed by atoms with van der Waals surface area (Å²) in [6.45, 7) is 6.01. The van der Waals surface area contributed by atoms with Crippen LogP contribution in [0.5, 0.6) is 5.75 Å². The number of nitrogens with one attached hydrogen (secondary N) is 1. The van der Waals surface area contributed by atoms with Crippen LogP contribution in [0, 0.1) is 6.92 Å². The third-order valence-electron chi connectivity index (χ3n) is 8.09. The van der Waals surface area contributed by atoms with E-state index in [0.29, 0.717) is 61.0 Å². The van der Waals surface area contributed by atoms with Gasteiger partial charge in [0, 0.05) is 88.4 Å². The fourth-order valence-corrected chi connectivity index (χ4v) is 5.62. The molecular weight excluding hydrogens is 595 g/mol. The number of carbonyl (C=O) groups is 2. The number of piperazine rings is 1. The zero-order chi connectivity index (χ0) is 31.4. The van der Waals surface area contributed by atoms with Gasteiger partial charge >= 0.3 is 6.18 Å². The third-order valence-corrected chi connectivity index (χ3v) is 8.29. The highest BCUT2D eigenvalue weighted by Gasteiger charge is 2.35. The number of halogens is 4. The predicted octanol–water partition coefficient (Wildman–Crippen LogP) is 5.75. The van der Waals surface area contributed by atoms with Crippen molar-refractivity contribution in [3.05, 3.63) is 87.7 Å². The van der Waals surface area contributed by atoms with E-state index in [1.54, 1.807) is 29.2 Å². The number of benzene rings is 2. The Kier molecular flexibility index (Phi) is 9.77. The lowest BCUT2D eigenvalue weighted by Gasteiger charge is -2.33. The lowest BCUT2D eigenvalue weighted by Crippen LogP contribution is -2.44. The standard InChI is InChI=1S/C32H35ClF3N5O3/c1-21-3-6-26(17-29(21)44-27-7-9-41(10-8-27)31(43)24-15-25(33)19-37-18-24)38-30(42)22-4-5-23(28(16-22)32(34,35)36)20-40-13-11-39(2)12-14-40/h3-6,15-19,27H,7-14,20H2,1-2H3,(H,38,42). The molecule has 0 saturated carbocycles. The van der Waals surface area contributed by atoms with Crippen molar-refractivity contribution in [2.75, 3.05) is 51.6 Å². The SMILES string of the molecule is Cc1ccc(NC(=O)c2ccc(CN3CCN(C)CC3)c(C(F)(F)F)c2)cc1OC1CCN(C(=O)c2cncc(Cl)c2)CC1. The van der Waals surface area contributed by atoms with Crippen molar-refractivity contribution in [3.8, 4) is 5.75 Å². The minimum absolute atomic E-state index is 0.0746. The third kappa shape index (κ3) is 7.88. The second kappa shape index (κ2) is 13.5. The average Bonchev–Trinajstić information content (AvgIpc) is 2.99. The van der Waals surface area contributed by atoms with Gasteiger partial charge in [0.25, 0.3) is 11.8 Å². The van der Waals surface area contributed by atoms with Gasteiger partial charge in [0.2, 0.25) is 0 Å². The van der Waals surface area contributed by atoms with Gasteiger partial charge in [-0.15, -0.1) is 0 Å². The number of alkyl halides is 3. The second-order valence-corrected chi connectivity index (χ2v) is 11.8. The fourth-order valence-electron chi connectivity index (χ4n) is 5.44. The van der Waals surface area contributed by atoms with Crippen molar-refractivity contribution in [1.29, 1.82) is 0 Å². The first-order valence-corrected chi connectivity index (χ1v) is 14.9. The smallest absolute Gasteiger partial charge is 0.416 e. The Balaban J connectivity index is 1.22. The van der Waals surface area contributed by atoms with Crippen LogP contribution in [0.15, 0.2) is 54.9 Å². The maximum Gasteiger partial charge on any atom is 0.416 e. The van der Waals surface area contributed by atoms with E-state index in [0.717, 1.165) is 24.7 Å². The average molecular weight is 630 g/mol. The Morgan fingerprint density at radius 3 is 2.39 bits per heavy atom. The summed E-state index contributed by atoms with van der Waals surface area (Å²) in [5.41, 5.74) is 0.971. The molecule has 2 aromatic carbocycles. The Labute approximate surface area is 259 Å². The number of ether oxygens (including phenoxy) is 1. The predicted molar refractivity (Wildman–Crippen MR) is 162 cm³/mol. The van der Waals surface area contributed by atoms with E-state index in [1.165, 1.54) is 24.5 Å². The van der Waals surface area contributed by atoms with Crippen LogP contribution < -0.4 is 10.1 Å². The Morgan fingerprint density at radius 2 is 1.70 bits per heavy atom. The van der Waals surface area contributed by atoms with Crippen LogP contribution in [0.3, 0.4) is 0 Å². The molecule has 0 spiro atoms. The van der Waals surface area contributed by atoms with Gasteiger partial charge in [-0.25, -0.2) is 0 Å². The zero-order valence-electron chi connectivity index (χ0n) is 24.7. The van der Waals surface area contributed by atoms with Crippen LogP contribution in [0.25, 0.3) is 0 Å². The number of likely N-dealkylation sites (N-methyl/N-ethyl adjacent to an activating group) is 1. The number of amides is 2. The maximum absolute atomic E-state index is 14.0. The molecule has 0 radical (unpaired) electrons. The fraction of sp³-hybridized carbons (Fsp3) is 0.406. The van der Waals surface area contributed by atoms with Crippen LogP contribution in [0.1, 0.15) is 50.2 Å². The quantitative estimate of drug-likeness (QED) is 0.359. The molecule has 2 aliphatic heterocycles. The first-order valence-electron chi connectivity index (χ1n) is 14.6. The molecule has 1 aromatic heterocycles. The van der Waals surface area contributed by atoms with Crippen molar-refractivity contribution in [2.45, 2.75) is 38.6 Å². The normalized spacial score (nSPS) is 17.0. The summed E-state index contributed by atoms with van der Waals surface area (Å²) in [5.74, 6) is -0.218. The number of rotatable bonds is 7. The molecule has 44 heavy (non-hydrogen) atoms. The summed E-state index contributed by atoms with van der Waals surface area (Å²) in [5, 5.41) is 3.12. The number of nitrogens with zero attached hydrogens (tertiary/aromatic N) is 4. The number of carbonyl (C=O) groups excluding carboxylic acids is 2. The summed E-state index contributed by atoms with van der Waals surface area (Å²) in [7, 11) is 1.99. The summed E-state index contributed by atoms with van der Waals surface area (Å²) < 4.78 is 48.3. The van der Waals surface area contributed by atoms with Crippen LogP contribution in [0.4, 0.5) is 18.9 Å². The van der Waals surface area contributed by atoms with Gasteiger partial charge in [0.05, 0.1) is 16.1 Å². The molecule has 0 unspecified atom stereocenters. The van der Waals surface area contributed by atoms with Gasteiger partial charge < -0.3 is 19.9 Å². The van der Waals surface area contributed by atoms with Gasteiger partial charge in [-0.2, -0.15) is 13.2 Å².